The SMILES string of the molecule is C[C@H](OC(=O)[C@H](Cc1ccccc1)NC(=O)c1ccco1)C(=O)NC1CCCCCC1. The van der Waals surface area contributed by atoms with E-state index in [-0.39, 0.29) is 24.1 Å². The Morgan fingerprint density at radius 1 is 1.03 bits per heavy atom. The van der Waals surface area contributed by atoms with Gasteiger partial charge in [0.1, 0.15) is 6.04 Å². The van der Waals surface area contributed by atoms with Gasteiger partial charge in [0.25, 0.3) is 11.8 Å². The fraction of sp³-hybridized carbons (Fsp3) is 0.458. The molecule has 7 nitrogen and oxygen atoms in total. The van der Waals surface area contributed by atoms with Crippen LogP contribution in [0.3, 0.4) is 0 Å². The smallest absolute Gasteiger partial charge is 0.329 e. The van der Waals surface area contributed by atoms with E-state index in [2.05, 4.69) is 10.6 Å². The molecule has 2 atom stereocenters. The van der Waals surface area contributed by atoms with Crippen molar-refractivity contribution >= 4 is 17.8 Å². The Morgan fingerprint density at radius 2 is 1.74 bits per heavy atom. The highest BCUT2D eigenvalue weighted by Crippen LogP contribution is 2.17. The first-order chi connectivity index (χ1) is 15.0. The molecule has 2 amide bonds. The second-order valence-electron chi connectivity index (χ2n) is 7.97. The lowest BCUT2D eigenvalue weighted by atomic mass is 10.1. The van der Waals surface area contributed by atoms with E-state index >= 15 is 0 Å². The van der Waals surface area contributed by atoms with Crippen LogP contribution in [0.5, 0.6) is 0 Å². The monoisotopic (exact) mass is 426 g/mol. The molecule has 0 aliphatic heterocycles. The second kappa shape index (κ2) is 11.3. The van der Waals surface area contributed by atoms with Gasteiger partial charge in [-0.05, 0) is 37.5 Å². The van der Waals surface area contributed by atoms with Gasteiger partial charge in [-0.1, -0.05) is 56.0 Å². The molecule has 31 heavy (non-hydrogen) atoms. The van der Waals surface area contributed by atoms with Crippen LogP contribution in [-0.2, 0) is 20.7 Å². The largest absolute Gasteiger partial charge is 0.459 e. The van der Waals surface area contributed by atoms with Gasteiger partial charge in [0.15, 0.2) is 11.9 Å². The third kappa shape index (κ3) is 6.98. The summed E-state index contributed by atoms with van der Waals surface area (Å²) in [6.07, 6.45) is 7.14. The summed E-state index contributed by atoms with van der Waals surface area (Å²) in [6, 6.07) is 11.6. The summed E-state index contributed by atoms with van der Waals surface area (Å²) in [5, 5.41) is 5.66. The quantitative estimate of drug-likeness (QED) is 0.498. The van der Waals surface area contributed by atoms with Crippen molar-refractivity contribution in [3.8, 4) is 0 Å². The minimum atomic E-state index is -0.951. The van der Waals surface area contributed by atoms with Crippen molar-refractivity contribution in [3.05, 3.63) is 60.1 Å². The number of esters is 1. The summed E-state index contributed by atoms with van der Waals surface area (Å²) in [7, 11) is 0. The van der Waals surface area contributed by atoms with E-state index in [9.17, 15) is 14.4 Å². The average Bonchev–Trinajstić information content (AvgIpc) is 3.19. The minimum Gasteiger partial charge on any atom is -0.459 e. The third-order valence-electron chi connectivity index (χ3n) is 5.48. The Balaban J connectivity index is 1.62. The number of hydrogen-bond donors (Lipinski definition) is 2. The molecule has 3 rings (SSSR count). The topological polar surface area (TPSA) is 97.6 Å². The highest BCUT2D eigenvalue weighted by molar-refractivity contribution is 5.95. The van der Waals surface area contributed by atoms with Crippen LogP contribution in [0, 0.1) is 0 Å². The van der Waals surface area contributed by atoms with Gasteiger partial charge in [-0.15, -0.1) is 0 Å². The number of ether oxygens (including phenoxy) is 1. The van der Waals surface area contributed by atoms with E-state index < -0.39 is 24.0 Å². The summed E-state index contributed by atoms with van der Waals surface area (Å²) in [6.45, 7) is 1.55. The Kier molecular flexibility index (Phi) is 8.27. The Morgan fingerprint density at radius 3 is 2.39 bits per heavy atom. The molecule has 2 N–H and O–H groups in total. The minimum absolute atomic E-state index is 0.102. The summed E-state index contributed by atoms with van der Waals surface area (Å²) in [5.41, 5.74) is 0.861. The lowest BCUT2D eigenvalue weighted by molar-refractivity contribution is -0.156. The number of furan rings is 1. The Labute approximate surface area is 182 Å². The van der Waals surface area contributed by atoms with Crippen LogP contribution in [-0.4, -0.2) is 36.0 Å². The average molecular weight is 427 g/mol. The molecule has 1 aromatic heterocycles. The fourth-order valence-electron chi connectivity index (χ4n) is 3.73. The van der Waals surface area contributed by atoms with Gasteiger partial charge in [0.2, 0.25) is 0 Å². The molecule has 0 radical (unpaired) electrons. The summed E-state index contributed by atoms with van der Waals surface area (Å²) >= 11 is 0. The molecule has 2 aromatic rings. The van der Waals surface area contributed by atoms with Gasteiger partial charge in [-0.25, -0.2) is 4.79 Å². The summed E-state index contributed by atoms with van der Waals surface area (Å²) in [5.74, 6) is -1.38. The highest BCUT2D eigenvalue weighted by Gasteiger charge is 2.28. The fourth-order valence-corrected chi connectivity index (χ4v) is 3.73. The third-order valence-corrected chi connectivity index (χ3v) is 5.48. The highest BCUT2D eigenvalue weighted by atomic mass is 16.5. The van der Waals surface area contributed by atoms with Crippen LogP contribution in [0.4, 0.5) is 0 Å². The van der Waals surface area contributed by atoms with Crippen molar-refractivity contribution < 1.29 is 23.5 Å². The molecule has 0 unspecified atom stereocenters. The molecule has 0 saturated heterocycles. The molecule has 1 heterocycles. The maximum atomic E-state index is 12.9. The second-order valence-corrected chi connectivity index (χ2v) is 7.97. The van der Waals surface area contributed by atoms with Crippen molar-refractivity contribution in [1.82, 2.24) is 10.6 Å². The molecule has 0 bridgehead atoms. The number of amides is 2. The van der Waals surface area contributed by atoms with Gasteiger partial charge in [-0.2, -0.15) is 0 Å². The lowest BCUT2D eigenvalue weighted by Gasteiger charge is -2.22. The molecule has 166 valence electrons. The molecule has 1 aromatic carbocycles. The lowest BCUT2D eigenvalue weighted by Crippen LogP contribution is -2.47. The van der Waals surface area contributed by atoms with Crippen LogP contribution in [0.15, 0.2) is 53.1 Å². The maximum Gasteiger partial charge on any atom is 0.329 e. The molecule has 0 spiro atoms. The predicted octanol–water partition coefficient (Wildman–Crippen LogP) is 3.39. The van der Waals surface area contributed by atoms with Crippen LogP contribution >= 0.6 is 0 Å². The van der Waals surface area contributed by atoms with E-state index in [0.29, 0.717) is 0 Å². The van der Waals surface area contributed by atoms with Gasteiger partial charge >= 0.3 is 5.97 Å². The summed E-state index contributed by atoms with van der Waals surface area (Å²) in [4.78, 5) is 37.9. The molecular weight excluding hydrogens is 396 g/mol. The van der Waals surface area contributed by atoms with Gasteiger partial charge in [0.05, 0.1) is 6.26 Å². The van der Waals surface area contributed by atoms with Crippen molar-refractivity contribution in [3.63, 3.8) is 0 Å². The number of rotatable bonds is 8. The molecule has 7 heteroatoms. The van der Waals surface area contributed by atoms with Crippen LogP contribution in [0.2, 0.25) is 0 Å². The number of hydrogen-bond acceptors (Lipinski definition) is 5. The van der Waals surface area contributed by atoms with E-state index in [0.717, 1.165) is 31.2 Å². The molecule has 1 aliphatic rings. The number of carbonyl (C=O) groups excluding carboxylic acids is 3. The maximum absolute atomic E-state index is 12.9. The molecular formula is C24H30N2O5. The zero-order valence-corrected chi connectivity index (χ0v) is 17.8. The zero-order chi connectivity index (χ0) is 22.1. The van der Waals surface area contributed by atoms with Gasteiger partial charge in [-0.3, -0.25) is 9.59 Å². The zero-order valence-electron chi connectivity index (χ0n) is 17.8. The standard InChI is InChI=1S/C24H30N2O5/c1-17(22(27)25-19-12-7-2-3-8-13-19)31-24(29)20(16-18-10-5-4-6-11-18)26-23(28)21-14-9-15-30-21/h4-6,9-11,14-15,17,19-20H,2-3,7-8,12-13,16H2,1H3,(H,25,27)(H,26,28)/t17-,20-/m0/s1. The van der Waals surface area contributed by atoms with Gasteiger partial charge < -0.3 is 19.8 Å². The van der Waals surface area contributed by atoms with E-state index in [4.69, 9.17) is 9.15 Å². The molecule has 1 fully saturated rings. The summed E-state index contributed by atoms with van der Waals surface area (Å²) < 4.78 is 10.6. The van der Waals surface area contributed by atoms with Crippen LogP contribution in [0.25, 0.3) is 0 Å². The van der Waals surface area contributed by atoms with Crippen molar-refractivity contribution in [2.75, 3.05) is 0 Å². The predicted molar refractivity (Wildman–Crippen MR) is 115 cm³/mol. The number of carbonyl (C=O) groups is 3. The van der Waals surface area contributed by atoms with E-state index in [1.54, 1.807) is 13.0 Å². The van der Waals surface area contributed by atoms with Crippen LogP contribution in [0.1, 0.15) is 61.6 Å². The van der Waals surface area contributed by atoms with Crippen molar-refractivity contribution in [2.45, 2.75) is 70.1 Å². The first kappa shape index (κ1) is 22.6. The van der Waals surface area contributed by atoms with E-state index in [1.165, 1.54) is 25.2 Å². The molecule has 1 aliphatic carbocycles. The number of nitrogens with one attached hydrogen (secondary N) is 2. The van der Waals surface area contributed by atoms with Crippen molar-refractivity contribution in [2.24, 2.45) is 0 Å². The normalized spacial score (nSPS) is 16.5. The Hall–Kier alpha value is -3.09. The number of benzene rings is 1. The van der Waals surface area contributed by atoms with Crippen LogP contribution < -0.4 is 10.6 Å². The first-order valence-electron chi connectivity index (χ1n) is 10.9. The van der Waals surface area contributed by atoms with Crippen molar-refractivity contribution in [1.29, 1.82) is 0 Å². The Bertz CT molecular complexity index is 842. The first-order valence-corrected chi connectivity index (χ1v) is 10.9. The molecule has 1 saturated carbocycles. The van der Waals surface area contributed by atoms with E-state index in [1.807, 2.05) is 30.3 Å². The van der Waals surface area contributed by atoms with Gasteiger partial charge in [0, 0.05) is 12.5 Å².